The maximum Gasteiger partial charge on any atom is 0.229 e. The van der Waals surface area contributed by atoms with E-state index in [1.807, 2.05) is 36.6 Å². The molecule has 208 valence electrons. The van der Waals surface area contributed by atoms with E-state index in [-0.39, 0.29) is 11.9 Å². The molecule has 0 saturated carbocycles. The van der Waals surface area contributed by atoms with Crippen molar-refractivity contribution in [2.24, 2.45) is 0 Å². The van der Waals surface area contributed by atoms with Crippen LogP contribution in [0.15, 0.2) is 78.2 Å². The fraction of sp³-hybridized carbons (Fsp3) is 0.235. The number of hydrogen-bond acceptors (Lipinski definition) is 5. The molecule has 3 heterocycles. The van der Waals surface area contributed by atoms with Crippen molar-refractivity contribution in [3.63, 3.8) is 0 Å². The van der Waals surface area contributed by atoms with Crippen LogP contribution in [0.2, 0.25) is 0 Å². The van der Waals surface area contributed by atoms with Crippen molar-refractivity contribution in [1.29, 1.82) is 0 Å². The average Bonchev–Trinajstić information content (AvgIpc) is 3.64. The highest BCUT2D eigenvalue weighted by Gasteiger charge is 2.24. The Hall–Kier alpha value is -4.04. The second kappa shape index (κ2) is 12.2. The molecular formula is C34H35N5OS. The lowest BCUT2D eigenvalue weighted by Gasteiger charge is -2.35. The minimum absolute atomic E-state index is 0.0140. The molecule has 1 aliphatic heterocycles. The minimum Gasteiger partial charge on any atom is -0.326 e. The van der Waals surface area contributed by atoms with Crippen molar-refractivity contribution in [3.05, 3.63) is 117 Å². The zero-order valence-corrected chi connectivity index (χ0v) is 24.3. The summed E-state index contributed by atoms with van der Waals surface area (Å²) in [5.74, 6) is -0.0140. The first kappa shape index (κ1) is 27.1. The molecule has 1 saturated heterocycles. The van der Waals surface area contributed by atoms with Gasteiger partial charge in [-0.2, -0.15) is 5.10 Å². The number of hydrogen-bond donors (Lipinski definition) is 3. The van der Waals surface area contributed by atoms with E-state index < -0.39 is 0 Å². The molecule has 1 aliphatic rings. The lowest BCUT2D eigenvalue weighted by Crippen LogP contribution is -2.45. The van der Waals surface area contributed by atoms with E-state index in [1.54, 1.807) is 11.3 Å². The summed E-state index contributed by atoms with van der Waals surface area (Å²) in [6.07, 6.45) is 4.55. The van der Waals surface area contributed by atoms with Gasteiger partial charge in [0.05, 0.1) is 23.7 Å². The zero-order valence-electron chi connectivity index (χ0n) is 23.5. The second-order valence-electron chi connectivity index (χ2n) is 10.7. The smallest absolute Gasteiger partial charge is 0.229 e. The molecule has 2 aromatic heterocycles. The molecule has 0 radical (unpaired) electrons. The highest BCUT2D eigenvalue weighted by atomic mass is 32.1. The zero-order chi connectivity index (χ0) is 28.2. The third kappa shape index (κ3) is 6.33. The molecule has 1 atom stereocenters. The number of aryl methyl sites for hydroxylation is 2. The van der Waals surface area contributed by atoms with Crippen LogP contribution < -0.4 is 10.6 Å². The molecule has 1 unspecified atom stereocenters. The number of nitrogens with one attached hydrogen (secondary N) is 3. The Kier molecular flexibility index (Phi) is 8.09. The number of anilines is 1. The number of piperazine rings is 1. The summed E-state index contributed by atoms with van der Waals surface area (Å²) in [5, 5.41) is 17.3. The van der Waals surface area contributed by atoms with E-state index in [0.717, 1.165) is 64.5 Å². The molecule has 0 aliphatic carbocycles. The van der Waals surface area contributed by atoms with E-state index in [1.165, 1.54) is 16.7 Å². The first-order chi connectivity index (χ1) is 20.0. The average molecular weight is 562 g/mol. The van der Waals surface area contributed by atoms with E-state index in [2.05, 4.69) is 93.3 Å². The van der Waals surface area contributed by atoms with Gasteiger partial charge in [-0.3, -0.25) is 14.8 Å². The van der Waals surface area contributed by atoms with Gasteiger partial charge in [-0.25, -0.2) is 0 Å². The summed E-state index contributed by atoms with van der Waals surface area (Å²) < 4.78 is 0. The van der Waals surface area contributed by atoms with E-state index in [0.29, 0.717) is 6.42 Å². The SMILES string of the molecule is Cc1ccc(C(c2cccc(C=Cc3n[nH]c4cc(C)c(NC(=O)Cc5cccs5)cc34)c2)N2CCNCC2)cc1. The Morgan fingerprint density at radius 2 is 1.83 bits per heavy atom. The number of H-pyrrole nitrogens is 1. The number of amides is 1. The van der Waals surface area contributed by atoms with Crippen LogP contribution in [-0.4, -0.2) is 47.2 Å². The quantitative estimate of drug-likeness (QED) is 0.200. The summed E-state index contributed by atoms with van der Waals surface area (Å²) in [4.78, 5) is 16.3. The van der Waals surface area contributed by atoms with Gasteiger partial charge >= 0.3 is 0 Å². The van der Waals surface area contributed by atoms with Crippen molar-refractivity contribution in [2.75, 3.05) is 31.5 Å². The van der Waals surface area contributed by atoms with Gasteiger partial charge in [0.25, 0.3) is 0 Å². The molecule has 1 amide bonds. The van der Waals surface area contributed by atoms with Gasteiger partial charge in [0.2, 0.25) is 5.91 Å². The first-order valence-corrected chi connectivity index (χ1v) is 15.0. The molecule has 3 aromatic carbocycles. The molecule has 0 spiro atoms. The van der Waals surface area contributed by atoms with Crippen LogP contribution in [0.3, 0.4) is 0 Å². The maximum absolute atomic E-state index is 12.7. The predicted molar refractivity (Wildman–Crippen MR) is 170 cm³/mol. The number of fused-ring (bicyclic) bond motifs is 1. The third-order valence-corrected chi connectivity index (χ3v) is 8.57. The summed E-state index contributed by atoms with van der Waals surface area (Å²) in [6, 6.07) is 26.0. The maximum atomic E-state index is 12.7. The van der Waals surface area contributed by atoms with Crippen molar-refractivity contribution in [2.45, 2.75) is 26.3 Å². The van der Waals surface area contributed by atoms with E-state index >= 15 is 0 Å². The molecule has 6 nitrogen and oxygen atoms in total. The van der Waals surface area contributed by atoms with Crippen LogP contribution in [-0.2, 0) is 11.2 Å². The minimum atomic E-state index is -0.0140. The Morgan fingerprint density at radius 3 is 2.61 bits per heavy atom. The monoisotopic (exact) mass is 561 g/mol. The molecule has 1 fully saturated rings. The standard InChI is InChI=1S/C34H35N5OS/c1-23-8-11-26(12-9-23)34(39-16-14-35-15-17-39)27-6-3-5-25(20-27)10-13-30-29-22-31(24(2)19-32(29)38-37-30)36-33(40)21-28-7-4-18-41-28/h3-13,18-20,22,34-35H,14-17,21H2,1-2H3,(H,36,40)(H,37,38). The summed E-state index contributed by atoms with van der Waals surface area (Å²) in [6.45, 7) is 8.18. The molecule has 41 heavy (non-hydrogen) atoms. The number of carbonyl (C=O) groups is 1. The van der Waals surface area contributed by atoms with Gasteiger partial charge < -0.3 is 10.6 Å². The molecule has 3 N–H and O–H groups in total. The van der Waals surface area contributed by atoms with Crippen molar-refractivity contribution in [3.8, 4) is 0 Å². The van der Waals surface area contributed by atoms with Gasteiger partial charge in [0.15, 0.2) is 0 Å². The highest BCUT2D eigenvalue weighted by molar-refractivity contribution is 7.10. The number of nitrogens with zero attached hydrogens (tertiary/aromatic N) is 2. The van der Waals surface area contributed by atoms with Crippen molar-refractivity contribution >= 4 is 46.0 Å². The number of thiophene rings is 1. The number of aromatic nitrogens is 2. The van der Waals surface area contributed by atoms with Crippen LogP contribution in [0, 0.1) is 13.8 Å². The van der Waals surface area contributed by atoms with E-state index in [9.17, 15) is 4.79 Å². The van der Waals surface area contributed by atoms with Crippen LogP contribution in [0.25, 0.3) is 23.1 Å². The normalized spacial score (nSPS) is 15.0. The molecule has 5 aromatic rings. The predicted octanol–water partition coefficient (Wildman–Crippen LogP) is 6.59. The van der Waals surface area contributed by atoms with Crippen molar-refractivity contribution in [1.82, 2.24) is 20.4 Å². The first-order valence-electron chi connectivity index (χ1n) is 14.1. The Morgan fingerprint density at radius 1 is 1.00 bits per heavy atom. The number of benzene rings is 3. The fourth-order valence-corrected chi connectivity index (χ4v) is 6.24. The summed E-state index contributed by atoms with van der Waals surface area (Å²) >= 11 is 1.60. The summed E-state index contributed by atoms with van der Waals surface area (Å²) in [7, 11) is 0. The van der Waals surface area contributed by atoms with Crippen LogP contribution in [0.5, 0.6) is 0 Å². The molecule has 6 rings (SSSR count). The fourth-order valence-electron chi connectivity index (χ4n) is 5.53. The number of carbonyl (C=O) groups excluding carboxylic acids is 1. The van der Waals surface area contributed by atoms with Gasteiger partial charge in [-0.15, -0.1) is 11.3 Å². The Bertz CT molecular complexity index is 1660. The highest BCUT2D eigenvalue weighted by Crippen LogP contribution is 2.31. The van der Waals surface area contributed by atoms with Gasteiger partial charge in [0.1, 0.15) is 0 Å². The second-order valence-corrected chi connectivity index (χ2v) is 11.8. The third-order valence-electron chi connectivity index (χ3n) is 7.70. The van der Waals surface area contributed by atoms with Crippen LogP contribution in [0.1, 0.15) is 44.4 Å². The number of aromatic amines is 1. The van der Waals surface area contributed by atoms with Crippen LogP contribution >= 0.6 is 11.3 Å². The largest absolute Gasteiger partial charge is 0.326 e. The Balaban J connectivity index is 1.26. The topological polar surface area (TPSA) is 73.0 Å². The van der Waals surface area contributed by atoms with Gasteiger partial charge in [0, 0.05) is 42.1 Å². The lowest BCUT2D eigenvalue weighted by molar-refractivity contribution is -0.115. The number of rotatable bonds is 8. The summed E-state index contributed by atoms with van der Waals surface area (Å²) in [5.41, 5.74) is 8.62. The molecular weight excluding hydrogens is 526 g/mol. The molecule has 0 bridgehead atoms. The van der Waals surface area contributed by atoms with E-state index in [4.69, 9.17) is 0 Å². The van der Waals surface area contributed by atoms with Gasteiger partial charge in [-0.05, 0) is 71.8 Å². The van der Waals surface area contributed by atoms with Gasteiger partial charge in [-0.1, -0.05) is 60.2 Å². The van der Waals surface area contributed by atoms with Crippen molar-refractivity contribution < 1.29 is 4.79 Å². The lowest BCUT2D eigenvalue weighted by atomic mass is 9.94. The van der Waals surface area contributed by atoms with Crippen LogP contribution in [0.4, 0.5) is 5.69 Å². The Labute approximate surface area is 245 Å². The molecule has 7 heteroatoms.